The lowest BCUT2D eigenvalue weighted by Gasteiger charge is -2.26. The van der Waals surface area contributed by atoms with Gasteiger partial charge < -0.3 is 4.74 Å². The van der Waals surface area contributed by atoms with Gasteiger partial charge in [-0.05, 0) is 31.4 Å². The molecule has 2 heterocycles. The van der Waals surface area contributed by atoms with Crippen LogP contribution in [0.25, 0.3) is 0 Å². The number of likely N-dealkylation sites (N-methyl/N-ethyl adjacent to an activating group) is 1. The molecule has 0 N–H and O–H groups in total. The second-order valence-electron chi connectivity index (χ2n) is 4.59. The fraction of sp³-hybridized carbons (Fsp3) is 0.583. The molecule has 1 atom stereocenters. The van der Waals surface area contributed by atoms with Crippen molar-refractivity contribution in [2.75, 3.05) is 20.2 Å². The van der Waals surface area contributed by atoms with E-state index in [2.05, 4.69) is 4.98 Å². The summed E-state index contributed by atoms with van der Waals surface area (Å²) >= 11 is 5.66. The van der Waals surface area contributed by atoms with Gasteiger partial charge in [-0.15, -0.1) is 0 Å². The third kappa shape index (κ3) is 3.66. The van der Waals surface area contributed by atoms with Gasteiger partial charge in [0.05, 0.1) is 6.10 Å². The lowest BCUT2D eigenvalue weighted by molar-refractivity contribution is 0.00858. The minimum Gasteiger partial charge on any atom is -0.377 e. The average Bonchev–Trinajstić information content (AvgIpc) is 2.40. The van der Waals surface area contributed by atoms with Gasteiger partial charge in [0.15, 0.2) is 0 Å². The highest BCUT2D eigenvalue weighted by Crippen LogP contribution is 2.19. The molecule has 1 unspecified atom stereocenters. The zero-order valence-corrected chi connectivity index (χ0v) is 12.3. The van der Waals surface area contributed by atoms with E-state index in [9.17, 15) is 8.42 Å². The van der Waals surface area contributed by atoms with E-state index < -0.39 is 10.0 Å². The second-order valence-corrected chi connectivity index (χ2v) is 7.02. The van der Waals surface area contributed by atoms with Crippen LogP contribution in [0.3, 0.4) is 0 Å². The van der Waals surface area contributed by atoms with Crippen LogP contribution in [0.2, 0.25) is 5.15 Å². The van der Waals surface area contributed by atoms with Crippen LogP contribution in [-0.2, 0) is 14.8 Å². The molecule has 7 heteroatoms. The Morgan fingerprint density at radius 3 is 2.84 bits per heavy atom. The molecule has 1 aliphatic heterocycles. The number of rotatable bonds is 4. The first-order valence-electron chi connectivity index (χ1n) is 6.19. The van der Waals surface area contributed by atoms with Gasteiger partial charge in [-0.1, -0.05) is 11.6 Å². The van der Waals surface area contributed by atoms with Crippen LogP contribution in [0.5, 0.6) is 0 Å². The Bertz CT molecular complexity index is 512. The summed E-state index contributed by atoms with van der Waals surface area (Å²) < 4.78 is 31.5. The standard InChI is InChI=1S/C12H17ClN2O3S/c1-15(9-10-4-2-3-7-18-10)19(16,17)11-5-6-12(13)14-8-11/h5-6,8,10H,2-4,7,9H2,1H3. The van der Waals surface area contributed by atoms with Crippen LogP contribution >= 0.6 is 11.6 Å². The van der Waals surface area contributed by atoms with E-state index in [0.29, 0.717) is 13.2 Å². The largest absolute Gasteiger partial charge is 0.377 e. The minimum absolute atomic E-state index is 0.0196. The number of hydrogen-bond donors (Lipinski definition) is 0. The highest BCUT2D eigenvalue weighted by Gasteiger charge is 2.25. The minimum atomic E-state index is -3.52. The van der Waals surface area contributed by atoms with Crippen molar-refractivity contribution in [1.29, 1.82) is 0 Å². The number of nitrogens with zero attached hydrogens (tertiary/aromatic N) is 2. The Morgan fingerprint density at radius 1 is 1.47 bits per heavy atom. The summed E-state index contributed by atoms with van der Waals surface area (Å²) in [6.07, 6.45) is 4.29. The van der Waals surface area contributed by atoms with Crippen molar-refractivity contribution in [3.05, 3.63) is 23.5 Å². The third-order valence-electron chi connectivity index (χ3n) is 3.14. The average molecular weight is 305 g/mol. The molecule has 5 nitrogen and oxygen atoms in total. The Hall–Kier alpha value is -0.690. The number of ether oxygens (including phenoxy) is 1. The van der Waals surface area contributed by atoms with Gasteiger partial charge in [0.1, 0.15) is 10.0 Å². The maximum Gasteiger partial charge on any atom is 0.244 e. The lowest BCUT2D eigenvalue weighted by atomic mass is 10.1. The van der Waals surface area contributed by atoms with E-state index in [1.54, 1.807) is 7.05 Å². The SMILES string of the molecule is CN(CC1CCCCO1)S(=O)(=O)c1ccc(Cl)nc1. The molecular weight excluding hydrogens is 288 g/mol. The quantitative estimate of drug-likeness (QED) is 0.798. The van der Waals surface area contributed by atoms with Crippen molar-refractivity contribution in [2.45, 2.75) is 30.3 Å². The van der Waals surface area contributed by atoms with Crippen LogP contribution < -0.4 is 0 Å². The van der Waals surface area contributed by atoms with Crippen molar-refractivity contribution >= 4 is 21.6 Å². The molecule has 0 saturated carbocycles. The molecule has 19 heavy (non-hydrogen) atoms. The van der Waals surface area contributed by atoms with Crippen molar-refractivity contribution in [2.24, 2.45) is 0 Å². The summed E-state index contributed by atoms with van der Waals surface area (Å²) in [5.74, 6) is 0. The van der Waals surface area contributed by atoms with E-state index in [-0.39, 0.29) is 16.2 Å². The predicted octanol–water partition coefficient (Wildman–Crippen LogP) is 1.92. The maximum atomic E-state index is 12.3. The van der Waals surface area contributed by atoms with E-state index >= 15 is 0 Å². The fourth-order valence-electron chi connectivity index (χ4n) is 2.03. The molecule has 2 rings (SSSR count). The Morgan fingerprint density at radius 2 is 2.26 bits per heavy atom. The first-order valence-corrected chi connectivity index (χ1v) is 8.01. The maximum absolute atomic E-state index is 12.3. The first kappa shape index (κ1) is 14.7. The summed E-state index contributed by atoms with van der Waals surface area (Å²) in [5.41, 5.74) is 0. The number of hydrogen-bond acceptors (Lipinski definition) is 4. The number of sulfonamides is 1. The normalized spacial score (nSPS) is 20.7. The summed E-state index contributed by atoms with van der Waals surface area (Å²) in [6.45, 7) is 1.08. The monoisotopic (exact) mass is 304 g/mol. The van der Waals surface area contributed by atoms with Gasteiger partial charge in [0.25, 0.3) is 0 Å². The molecule has 1 aromatic heterocycles. The third-order valence-corrected chi connectivity index (χ3v) is 5.17. The molecule has 0 amide bonds. The molecule has 0 radical (unpaired) electrons. The van der Waals surface area contributed by atoms with Crippen molar-refractivity contribution in [3.63, 3.8) is 0 Å². The summed E-state index contributed by atoms with van der Waals surface area (Å²) in [6, 6.07) is 2.93. The molecule has 0 aliphatic carbocycles. The number of halogens is 1. The molecular formula is C12H17ClN2O3S. The summed E-state index contributed by atoms with van der Waals surface area (Å²) in [4.78, 5) is 3.95. The van der Waals surface area contributed by atoms with Gasteiger partial charge in [0.2, 0.25) is 10.0 Å². The van der Waals surface area contributed by atoms with E-state index in [1.165, 1.54) is 22.6 Å². The molecule has 0 spiro atoms. The van der Waals surface area contributed by atoms with Gasteiger partial charge in [-0.25, -0.2) is 13.4 Å². The summed E-state index contributed by atoms with van der Waals surface area (Å²) in [5, 5.41) is 0.275. The van der Waals surface area contributed by atoms with Crippen molar-refractivity contribution in [3.8, 4) is 0 Å². The van der Waals surface area contributed by atoms with Gasteiger partial charge in [0, 0.05) is 26.4 Å². The zero-order valence-electron chi connectivity index (χ0n) is 10.8. The lowest BCUT2D eigenvalue weighted by Crippen LogP contribution is -2.37. The first-order chi connectivity index (χ1) is 9.00. The zero-order chi connectivity index (χ0) is 13.9. The predicted molar refractivity (Wildman–Crippen MR) is 72.7 cm³/mol. The molecule has 1 aliphatic rings. The van der Waals surface area contributed by atoms with E-state index in [4.69, 9.17) is 16.3 Å². The molecule has 1 aromatic rings. The van der Waals surface area contributed by atoms with E-state index in [1.807, 2.05) is 0 Å². The molecule has 1 saturated heterocycles. The number of pyridine rings is 1. The highest BCUT2D eigenvalue weighted by atomic mass is 35.5. The van der Waals surface area contributed by atoms with Crippen LogP contribution in [0.15, 0.2) is 23.2 Å². The Labute approximate surface area is 118 Å². The van der Waals surface area contributed by atoms with Crippen LogP contribution in [0, 0.1) is 0 Å². The van der Waals surface area contributed by atoms with Crippen LogP contribution in [0.4, 0.5) is 0 Å². The Kier molecular flexibility index (Phi) is 4.78. The molecule has 0 bridgehead atoms. The van der Waals surface area contributed by atoms with Crippen LogP contribution in [0.1, 0.15) is 19.3 Å². The number of aromatic nitrogens is 1. The van der Waals surface area contributed by atoms with Gasteiger partial charge in [-0.3, -0.25) is 0 Å². The highest BCUT2D eigenvalue weighted by molar-refractivity contribution is 7.89. The fourth-order valence-corrected chi connectivity index (χ4v) is 3.29. The smallest absolute Gasteiger partial charge is 0.244 e. The van der Waals surface area contributed by atoms with Crippen molar-refractivity contribution < 1.29 is 13.2 Å². The molecule has 0 aromatic carbocycles. The molecule has 1 fully saturated rings. The second kappa shape index (κ2) is 6.17. The van der Waals surface area contributed by atoms with Gasteiger partial charge in [-0.2, -0.15) is 4.31 Å². The van der Waals surface area contributed by atoms with Gasteiger partial charge >= 0.3 is 0 Å². The summed E-state index contributed by atoms with van der Waals surface area (Å²) in [7, 11) is -1.97. The Balaban J connectivity index is 2.07. The van der Waals surface area contributed by atoms with Crippen molar-refractivity contribution in [1.82, 2.24) is 9.29 Å². The van der Waals surface area contributed by atoms with E-state index in [0.717, 1.165) is 19.3 Å². The topological polar surface area (TPSA) is 59.5 Å². The van der Waals surface area contributed by atoms with Crippen LogP contribution in [-0.4, -0.2) is 44.0 Å². The molecule has 106 valence electrons.